The second kappa shape index (κ2) is 9.46. The third kappa shape index (κ3) is 4.75. The molecule has 1 heterocycles. The van der Waals surface area contributed by atoms with Crippen LogP contribution in [0.4, 0.5) is 0 Å². The van der Waals surface area contributed by atoms with Gasteiger partial charge in [-0.2, -0.15) is 0 Å². The zero-order valence-electron chi connectivity index (χ0n) is 16.3. The predicted molar refractivity (Wildman–Crippen MR) is 105 cm³/mol. The Labute approximate surface area is 173 Å². The van der Waals surface area contributed by atoms with Crippen molar-refractivity contribution in [2.75, 3.05) is 6.61 Å². The molecular weight excluding hydrogens is 392 g/mol. The highest BCUT2D eigenvalue weighted by atomic mass is 16.6. The SMILES string of the molecule is CC(C(=O)OCC1O[C@H](O)C(O)[C@@H](O)C1O)c1cccc(C(=O)c2ccccc2)c1. The summed E-state index contributed by atoms with van der Waals surface area (Å²) >= 11 is 0. The van der Waals surface area contributed by atoms with Gasteiger partial charge in [-0.3, -0.25) is 9.59 Å². The second-order valence-electron chi connectivity index (χ2n) is 7.21. The van der Waals surface area contributed by atoms with Gasteiger partial charge in [-0.15, -0.1) is 0 Å². The van der Waals surface area contributed by atoms with Gasteiger partial charge in [0.25, 0.3) is 0 Å². The van der Waals surface area contributed by atoms with Crippen molar-refractivity contribution in [3.63, 3.8) is 0 Å². The lowest BCUT2D eigenvalue weighted by Crippen LogP contribution is -2.58. The van der Waals surface area contributed by atoms with E-state index in [1.54, 1.807) is 55.5 Å². The Balaban J connectivity index is 1.64. The Morgan fingerprint density at radius 1 is 0.933 bits per heavy atom. The van der Waals surface area contributed by atoms with E-state index in [-0.39, 0.29) is 5.78 Å². The van der Waals surface area contributed by atoms with Crippen molar-refractivity contribution in [3.05, 3.63) is 71.3 Å². The van der Waals surface area contributed by atoms with Gasteiger partial charge in [0.05, 0.1) is 5.92 Å². The Kier molecular flexibility index (Phi) is 6.96. The number of esters is 1. The van der Waals surface area contributed by atoms with Crippen LogP contribution in [0.2, 0.25) is 0 Å². The zero-order valence-corrected chi connectivity index (χ0v) is 16.3. The summed E-state index contributed by atoms with van der Waals surface area (Å²) in [5, 5.41) is 38.7. The number of ether oxygens (including phenoxy) is 2. The highest BCUT2D eigenvalue weighted by Gasteiger charge is 2.43. The van der Waals surface area contributed by atoms with E-state index in [4.69, 9.17) is 9.47 Å². The maximum absolute atomic E-state index is 12.6. The van der Waals surface area contributed by atoms with E-state index in [0.717, 1.165) is 0 Å². The Bertz CT molecular complexity index is 884. The van der Waals surface area contributed by atoms with Crippen LogP contribution in [0.25, 0.3) is 0 Å². The number of aliphatic hydroxyl groups excluding tert-OH is 4. The fourth-order valence-electron chi connectivity index (χ4n) is 3.20. The third-order valence-electron chi connectivity index (χ3n) is 5.12. The number of carbonyl (C=O) groups excluding carboxylic acids is 2. The van der Waals surface area contributed by atoms with Gasteiger partial charge in [0.1, 0.15) is 31.0 Å². The van der Waals surface area contributed by atoms with Crippen LogP contribution in [0, 0.1) is 0 Å². The highest BCUT2D eigenvalue weighted by Crippen LogP contribution is 2.23. The molecule has 0 saturated carbocycles. The molecule has 6 atom stereocenters. The first-order chi connectivity index (χ1) is 14.3. The Morgan fingerprint density at radius 2 is 1.60 bits per heavy atom. The standard InChI is InChI=1S/C22H24O8/c1-12(21(27)29-11-16-18(24)19(25)20(26)22(28)30-16)14-8-5-9-15(10-14)17(23)13-6-3-2-4-7-13/h2-10,12,16,18-20,22,24-26,28H,11H2,1H3/t12?,16?,18?,19-,20?,22-/m0/s1. The first-order valence-electron chi connectivity index (χ1n) is 9.53. The molecule has 0 spiro atoms. The van der Waals surface area contributed by atoms with E-state index in [0.29, 0.717) is 16.7 Å². The van der Waals surface area contributed by atoms with Crippen LogP contribution < -0.4 is 0 Å². The molecule has 1 fully saturated rings. The molecule has 160 valence electrons. The lowest BCUT2D eigenvalue weighted by atomic mass is 9.95. The maximum atomic E-state index is 12.6. The number of rotatable bonds is 6. The van der Waals surface area contributed by atoms with Crippen molar-refractivity contribution >= 4 is 11.8 Å². The van der Waals surface area contributed by atoms with Crippen molar-refractivity contribution in [2.24, 2.45) is 0 Å². The van der Waals surface area contributed by atoms with Crippen molar-refractivity contribution in [1.82, 2.24) is 0 Å². The third-order valence-corrected chi connectivity index (χ3v) is 5.12. The molecule has 3 rings (SSSR count). The summed E-state index contributed by atoms with van der Waals surface area (Å²) in [5.41, 5.74) is 1.54. The van der Waals surface area contributed by atoms with Crippen molar-refractivity contribution in [3.8, 4) is 0 Å². The van der Waals surface area contributed by atoms with Crippen LogP contribution in [-0.4, -0.2) is 69.5 Å². The zero-order chi connectivity index (χ0) is 21.8. The topological polar surface area (TPSA) is 134 Å². The van der Waals surface area contributed by atoms with E-state index in [2.05, 4.69) is 0 Å². The molecule has 2 aromatic carbocycles. The molecule has 4 N–H and O–H groups in total. The molecule has 1 aliphatic heterocycles. The summed E-state index contributed by atoms with van der Waals surface area (Å²) in [6.45, 7) is 1.19. The fourth-order valence-corrected chi connectivity index (χ4v) is 3.20. The van der Waals surface area contributed by atoms with Crippen LogP contribution in [0.1, 0.15) is 34.3 Å². The van der Waals surface area contributed by atoms with Crippen LogP contribution in [-0.2, 0) is 14.3 Å². The minimum Gasteiger partial charge on any atom is -0.462 e. The number of aliphatic hydroxyl groups is 4. The molecule has 0 aliphatic carbocycles. The first-order valence-corrected chi connectivity index (χ1v) is 9.53. The predicted octanol–water partition coefficient (Wildman–Crippen LogP) is 0.364. The Hall–Kier alpha value is -2.62. The average Bonchev–Trinajstić information content (AvgIpc) is 2.78. The molecule has 8 nitrogen and oxygen atoms in total. The van der Waals surface area contributed by atoms with Crippen LogP contribution in [0.15, 0.2) is 54.6 Å². The average molecular weight is 416 g/mol. The van der Waals surface area contributed by atoms with Gasteiger partial charge in [0, 0.05) is 11.1 Å². The van der Waals surface area contributed by atoms with Crippen LogP contribution in [0.5, 0.6) is 0 Å². The number of ketones is 1. The van der Waals surface area contributed by atoms with Gasteiger partial charge in [-0.05, 0) is 18.6 Å². The monoisotopic (exact) mass is 416 g/mol. The molecule has 0 aromatic heterocycles. The summed E-state index contributed by atoms with van der Waals surface area (Å²) in [6, 6.07) is 15.4. The number of hydrogen-bond acceptors (Lipinski definition) is 8. The quantitative estimate of drug-likeness (QED) is 0.392. The minimum atomic E-state index is -1.70. The van der Waals surface area contributed by atoms with Gasteiger partial charge in [0.15, 0.2) is 12.1 Å². The summed E-state index contributed by atoms with van der Waals surface area (Å²) in [5.74, 6) is -1.52. The molecule has 2 aromatic rings. The van der Waals surface area contributed by atoms with Crippen molar-refractivity contribution < 1.29 is 39.5 Å². The normalized spacial score (nSPS) is 27.3. The summed E-state index contributed by atoms with van der Waals surface area (Å²) in [6.07, 6.45) is -7.71. The lowest BCUT2D eigenvalue weighted by molar-refractivity contribution is -0.287. The van der Waals surface area contributed by atoms with Crippen LogP contribution in [0.3, 0.4) is 0 Å². The number of hydrogen-bond donors (Lipinski definition) is 4. The van der Waals surface area contributed by atoms with E-state index in [1.807, 2.05) is 6.07 Å². The van der Waals surface area contributed by atoms with Gasteiger partial charge >= 0.3 is 5.97 Å². The largest absolute Gasteiger partial charge is 0.462 e. The maximum Gasteiger partial charge on any atom is 0.313 e. The summed E-state index contributed by atoms with van der Waals surface area (Å²) in [4.78, 5) is 25.1. The first kappa shape index (κ1) is 22.1. The molecule has 8 heteroatoms. The molecule has 0 bridgehead atoms. The molecular formula is C22H24O8. The minimum absolute atomic E-state index is 0.168. The van der Waals surface area contributed by atoms with Crippen molar-refractivity contribution in [1.29, 1.82) is 0 Å². The van der Waals surface area contributed by atoms with Gasteiger partial charge < -0.3 is 29.9 Å². The van der Waals surface area contributed by atoms with Gasteiger partial charge in [0.2, 0.25) is 0 Å². The molecule has 0 amide bonds. The molecule has 1 saturated heterocycles. The highest BCUT2D eigenvalue weighted by molar-refractivity contribution is 6.09. The smallest absolute Gasteiger partial charge is 0.313 e. The molecule has 30 heavy (non-hydrogen) atoms. The van der Waals surface area contributed by atoms with Gasteiger partial charge in [-0.1, -0.05) is 48.5 Å². The Morgan fingerprint density at radius 3 is 2.30 bits per heavy atom. The van der Waals surface area contributed by atoms with Crippen LogP contribution >= 0.6 is 0 Å². The molecule has 4 unspecified atom stereocenters. The lowest BCUT2D eigenvalue weighted by Gasteiger charge is -2.38. The fraction of sp³-hybridized carbons (Fsp3) is 0.364. The summed E-state index contributed by atoms with van der Waals surface area (Å²) in [7, 11) is 0. The van der Waals surface area contributed by atoms with E-state index < -0.39 is 49.2 Å². The van der Waals surface area contributed by atoms with E-state index in [1.165, 1.54) is 0 Å². The summed E-state index contributed by atoms with van der Waals surface area (Å²) < 4.78 is 10.2. The number of carbonyl (C=O) groups is 2. The number of benzene rings is 2. The van der Waals surface area contributed by atoms with E-state index >= 15 is 0 Å². The molecule has 1 aliphatic rings. The molecule has 0 radical (unpaired) electrons. The second-order valence-corrected chi connectivity index (χ2v) is 7.21. The van der Waals surface area contributed by atoms with E-state index in [9.17, 15) is 30.0 Å². The van der Waals surface area contributed by atoms with Gasteiger partial charge in [-0.25, -0.2) is 0 Å². The van der Waals surface area contributed by atoms with Crippen molar-refractivity contribution in [2.45, 2.75) is 43.5 Å².